The number of likely N-dealkylation sites (tertiary alicyclic amines) is 1. The molecular weight excluding hydrogens is 330 g/mol. The largest absolute Gasteiger partial charge is 0.434 e. The molecule has 24 heavy (non-hydrogen) atoms. The fraction of sp³-hybridized carbons (Fsp3) is 0.400. The van der Waals surface area contributed by atoms with Crippen molar-refractivity contribution in [2.75, 3.05) is 13.1 Å². The molecule has 8 nitrogen and oxygen atoms in total. The Balaban J connectivity index is 1.49. The molecule has 0 aromatic carbocycles. The van der Waals surface area contributed by atoms with Gasteiger partial charge in [-0.15, -0.1) is 5.10 Å². The van der Waals surface area contributed by atoms with E-state index in [1.54, 1.807) is 11.1 Å². The predicted molar refractivity (Wildman–Crippen MR) is 87.2 cm³/mol. The topological polar surface area (TPSA) is 105 Å². The van der Waals surface area contributed by atoms with Gasteiger partial charge in [0, 0.05) is 30.6 Å². The SMILES string of the molecule is Cc1nsc2ncc(C(=O)N3CCC(c4n[nH]c(=O)o4)CC3)cc12. The summed E-state index contributed by atoms with van der Waals surface area (Å²) in [6.07, 6.45) is 3.05. The second-order valence-corrected chi connectivity index (χ2v) is 6.61. The highest BCUT2D eigenvalue weighted by atomic mass is 32.1. The normalized spacial score (nSPS) is 16.0. The van der Waals surface area contributed by atoms with E-state index in [1.165, 1.54) is 11.5 Å². The van der Waals surface area contributed by atoms with Gasteiger partial charge in [0.15, 0.2) is 0 Å². The van der Waals surface area contributed by atoms with E-state index in [0.717, 1.165) is 15.9 Å². The number of pyridine rings is 1. The Bertz CT molecular complexity index is 951. The maximum atomic E-state index is 12.7. The molecular formula is C15H15N5O3S. The third kappa shape index (κ3) is 2.60. The number of amides is 1. The number of piperidine rings is 1. The Morgan fingerprint density at radius 1 is 1.42 bits per heavy atom. The third-order valence-electron chi connectivity index (χ3n) is 4.34. The molecule has 0 spiro atoms. The number of carbonyl (C=O) groups is 1. The molecule has 4 rings (SSSR count). The second kappa shape index (κ2) is 5.82. The highest BCUT2D eigenvalue weighted by Gasteiger charge is 2.27. The van der Waals surface area contributed by atoms with Crippen molar-refractivity contribution in [3.8, 4) is 0 Å². The first kappa shape index (κ1) is 15.0. The lowest BCUT2D eigenvalue weighted by molar-refractivity contribution is 0.0705. The van der Waals surface area contributed by atoms with Crippen molar-refractivity contribution in [3.63, 3.8) is 0 Å². The van der Waals surface area contributed by atoms with Crippen LogP contribution in [0.15, 0.2) is 21.5 Å². The Hall–Kier alpha value is -2.55. The van der Waals surface area contributed by atoms with Gasteiger partial charge in [0.2, 0.25) is 5.89 Å². The van der Waals surface area contributed by atoms with Gasteiger partial charge in [0.05, 0.1) is 11.3 Å². The molecule has 0 radical (unpaired) electrons. The molecule has 0 bridgehead atoms. The van der Waals surface area contributed by atoms with Crippen LogP contribution in [0.4, 0.5) is 0 Å². The quantitative estimate of drug-likeness (QED) is 0.758. The van der Waals surface area contributed by atoms with Gasteiger partial charge < -0.3 is 9.32 Å². The number of hydrogen-bond acceptors (Lipinski definition) is 7. The zero-order chi connectivity index (χ0) is 16.7. The number of aryl methyl sites for hydroxylation is 1. The van der Waals surface area contributed by atoms with Gasteiger partial charge >= 0.3 is 5.76 Å². The molecule has 9 heteroatoms. The molecule has 4 heterocycles. The van der Waals surface area contributed by atoms with Crippen molar-refractivity contribution < 1.29 is 9.21 Å². The molecule has 1 aliphatic heterocycles. The molecule has 0 atom stereocenters. The van der Waals surface area contributed by atoms with Crippen LogP contribution in [0.25, 0.3) is 10.2 Å². The number of H-pyrrole nitrogens is 1. The monoisotopic (exact) mass is 345 g/mol. The summed E-state index contributed by atoms with van der Waals surface area (Å²) in [4.78, 5) is 30.7. The predicted octanol–water partition coefficient (Wildman–Crippen LogP) is 1.70. The minimum absolute atomic E-state index is 0.0306. The van der Waals surface area contributed by atoms with Crippen LogP contribution in [-0.4, -0.2) is 43.5 Å². The Morgan fingerprint density at radius 2 is 2.21 bits per heavy atom. The van der Waals surface area contributed by atoms with Crippen molar-refractivity contribution >= 4 is 27.7 Å². The molecule has 1 aliphatic rings. The van der Waals surface area contributed by atoms with Crippen LogP contribution < -0.4 is 5.76 Å². The zero-order valence-electron chi connectivity index (χ0n) is 13.0. The minimum Gasteiger partial charge on any atom is -0.392 e. The van der Waals surface area contributed by atoms with E-state index in [4.69, 9.17) is 4.42 Å². The van der Waals surface area contributed by atoms with Gasteiger partial charge in [-0.3, -0.25) is 4.79 Å². The van der Waals surface area contributed by atoms with Crippen LogP contribution in [-0.2, 0) is 0 Å². The average molecular weight is 345 g/mol. The van der Waals surface area contributed by atoms with E-state index in [0.29, 0.717) is 37.4 Å². The van der Waals surface area contributed by atoms with E-state index in [9.17, 15) is 9.59 Å². The number of aromatic amines is 1. The molecule has 0 aliphatic carbocycles. The lowest BCUT2D eigenvalue weighted by Gasteiger charge is -2.30. The van der Waals surface area contributed by atoms with Gasteiger partial charge in [-0.05, 0) is 37.4 Å². The van der Waals surface area contributed by atoms with Gasteiger partial charge in [-0.1, -0.05) is 0 Å². The second-order valence-electron chi connectivity index (χ2n) is 5.86. The molecule has 3 aromatic heterocycles. The molecule has 1 fully saturated rings. The highest BCUT2D eigenvalue weighted by Crippen LogP contribution is 2.27. The molecule has 0 saturated carbocycles. The van der Waals surface area contributed by atoms with E-state index in [2.05, 4.69) is 19.6 Å². The summed E-state index contributed by atoms with van der Waals surface area (Å²) in [5.41, 5.74) is 1.47. The molecule has 1 N–H and O–H groups in total. The van der Waals surface area contributed by atoms with Crippen LogP contribution in [0, 0.1) is 6.92 Å². The first-order valence-corrected chi connectivity index (χ1v) is 8.46. The Kier molecular flexibility index (Phi) is 3.64. The lowest BCUT2D eigenvalue weighted by Crippen LogP contribution is -2.38. The van der Waals surface area contributed by atoms with Crippen LogP contribution in [0.2, 0.25) is 0 Å². The fourth-order valence-corrected chi connectivity index (χ4v) is 3.72. The number of nitrogens with one attached hydrogen (secondary N) is 1. The van der Waals surface area contributed by atoms with Gasteiger partial charge in [0.1, 0.15) is 4.83 Å². The number of nitrogens with zero attached hydrogens (tertiary/aromatic N) is 4. The van der Waals surface area contributed by atoms with E-state index >= 15 is 0 Å². The smallest absolute Gasteiger partial charge is 0.392 e. The zero-order valence-corrected chi connectivity index (χ0v) is 13.8. The molecule has 1 amide bonds. The lowest BCUT2D eigenvalue weighted by atomic mass is 9.96. The van der Waals surface area contributed by atoms with Gasteiger partial charge in [-0.2, -0.15) is 4.37 Å². The number of rotatable bonds is 2. The fourth-order valence-electron chi connectivity index (χ4n) is 2.99. The summed E-state index contributed by atoms with van der Waals surface area (Å²) in [5, 5.41) is 7.09. The highest BCUT2D eigenvalue weighted by molar-refractivity contribution is 7.12. The van der Waals surface area contributed by atoms with E-state index < -0.39 is 5.76 Å². The number of fused-ring (bicyclic) bond motifs is 1. The molecule has 1 saturated heterocycles. The Labute approximate surface area is 140 Å². The van der Waals surface area contributed by atoms with Crippen molar-refractivity contribution in [2.45, 2.75) is 25.7 Å². The minimum atomic E-state index is -0.539. The average Bonchev–Trinajstić information content (AvgIpc) is 3.20. The summed E-state index contributed by atoms with van der Waals surface area (Å²) >= 11 is 1.34. The van der Waals surface area contributed by atoms with Gasteiger partial charge in [0.25, 0.3) is 5.91 Å². The molecule has 0 unspecified atom stereocenters. The molecule has 124 valence electrons. The standard InChI is InChI=1S/C15H15N5O3S/c1-8-11-6-10(7-16-13(11)24-19-8)14(21)20-4-2-9(3-5-20)12-17-18-15(22)23-12/h6-7,9H,2-5H2,1H3,(H,18,22). The first-order valence-electron chi connectivity index (χ1n) is 7.68. The summed E-state index contributed by atoms with van der Waals surface area (Å²) in [6.45, 7) is 3.11. The van der Waals surface area contributed by atoms with Crippen LogP contribution in [0.5, 0.6) is 0 Å². The van der Waals surface area contributed by atoms with Crippen LogP contribution in [0.3, 0.4) is 0 Å². The number of aromatic nitrogens is 4. The van der Waals surface area contributed by atoms with Crippen LogP contribution >= 0.6 is 11.5 Å². The summed E-state index contributed by atoms with van der Waals surface area (Å²) in [5.74, 6) is -0.0772. The van der Waals surface area contributed by atoms with E-state index in [1.807, 2.05) is 13.0 Å². The van der Waals surface area contributed by atoms with Gasteiger partial charge in [-0.25, -0.2) is 14.9 Å². The first-order chi connectivity index (χ1) is 11.6. The van der Waals surface area contributed by atoms with E-state index in [-0.39, 0.29) is 11.8 Å². The van der Waals surface area contributed by atoms with Crippen molar-refractivity contribution in [3.05, 3.63) is 40.0 Å². The molecule has 3 aromatic rings. The number of carbonyl (C=O) groups excluding carboxylic acids is 1. The van der Waals surface area contributed by atoms with Crippen molar-refractivity contribution in [1.82, 2.24) is 24.5 Å². The summed E-state index contributed by atoms with van der Waals surface area (Å²) < 4.78 is 9.28. The maximum Gasteiger partial charge on any atom is 0.434 e. The number of hydrogen-bond donors (Lipinski definition) is 1. The van der Waals surface area contributed by atoms with Crippen molar-refractivity contribution in [2.24, 2.45) is 0 Å². The third-order valence-corrected chi connectivity index (χ3v) is 5.21. The summed E-state index contributed by atoms with van der Waals surface area (Å²) in [6, 6.07) is 1.86. The maximum absolute atomic E-state index is 12.7. The van der Waals surface area contributed by atoms with Crippen molar-refractivity contribution in [1.29, 1.82) is 0 Å². The van der Waals surface area contributed by atoms with Crippen LogP contribution in [0.1, 0.15) is 40.7 Å². The Morgan fingerprint density at radius 3 is 2.92 bits per heavy atom. The summed E-state index contributed by atoms with van der Waals surface area (Å²) in [7, 11) is 0.